The van der Waals surface area contributed by atoms with E-state index in [9.17, 15) is 4.79 Å². The third kappa shape index (κ3) is 3.05. The molecule has 0 bridgehead atoms. The molecule has 2 atom stereocenters. The number of hydrogen-bond donors (Lipinski definition) is 0. The molecule has 5 heteroatoms. The molecule has 1 amide bonds. The van der Waals surface area contributed by atoms with Gasteiger partial charge in [0.1, 0.15) is 5.76 Å². The smallest absolute Gasteiger partial charge is 0.309 e. The van der Waals surface area contributed by atoms with E-state index in [1.807, 2.05) is 4.90 Å². The predicted octanol–water partition coefficient (Wildman–Crippen LogP) is 2.56. The van der Waals surface area contributed by atoms with Crippen molar-refractivity contribution in [3.63, 3.8) is 0 Å². The van der Waals surface area contributed by atoms with Crippen LogP contribution in [0.5, 0.6) is 0 Å². The molecular weight excluding hydrogens is 278 g/mol. The molecule has 0 aromatic carbocycles. The first-order valence-electron chi connectivity index (χ1n) is 8.46. The number of likely N-dealkylation sites (tertiary alicyclic amines) is 1. The zero-order chi connectivity index (χ0) is 15.9. The highest BCUT2D eigenvalue weighted by Crippen LogP contribution is 2.25. The maximum atomic E-state index is 12.7. The lowest BCUT2D eigenvalue weighted by molar-refractivity contribution is 0.0581. The Labute approximate surface area is 132 Å². The average molecular weight is 305 g/mol. The van der Waals surface area contributed by atoms with Crippen molar-refractivity contribution in [2.24, 2.45) is 11.8 Å². The molecule has 0 spiro atoms. The van der Waals surface area contributed by atoms with E-state index in [4.69, 9.17) is 4.42 Å². The monoisotopic (exact) mass is 305 g/mol. The Morgan fingerprint density at radius 2 is 1.95 bits per heavy atom. The summed E-state index contributed by atoms with van der Waals surface area (Å²) >= 11 is 0. The van der Waals surface area contributed by atoms with Crippen molar-refractivity contribution < 1.29 is 9.21 Å². The molecule has 0 N–H and O–H groups in total. The molecular formula is C17H27N3O2. The molecule has 0 saturated carbocycles. The fourth-order valence-electron chi connectivity index (χ4n) is 3.72. The van der Waals surface area contributed by atoms with Gasteiger partial charge in [-0.25, -0.2) is 4.98 Å². The minimum atomic E-state index is -0.0381. The van der Waals surface area contributed by atoms with Crippen molar-refractivity contribution in [1.29, 1.82) is 0 Å². The van der Waals surface area contributed by atoms with Crippen molar-refractivity contribution in [3.8, 4) is 0 Å². The summed E-state index contributed by atoms with van der Waals surface area (Å²) < 4.78 is 5.79. The molecule has 1 aromatic heterocycles. The van der Waals surface area contributed by atoms with Gasteiger partial charge in [-0.05, 0) is 32.1 Å². The lowest BCUT2D eigenvalue weighted by atomic mass is 9.92. The van der Waals surface area contributed by atoms with Crippen LogP contribution in [0.4, 0.5) is 0 Å². The third-order valence-electron chi connectivity index (χ3n) is 4.83. The van der Waals surface area contributed by atoms with Gasteiger partial charge in [0.15, 0.2) is 0 Å². The maximum Gasteiger partial charge on any atom is 0.309 e. The summed E-state index contributed by atoms with van der Waals surface area (Å²) in [6.07, 6.45) is 2.04. The van der Waals surface area contributed by atoms with E-state index in [0.29, 0.717) is 17.9 Å². The Kier molecular flexibility index (Phi) is 4.26. The first kappa shape index (κ1) is 15.5. The van der Waals surface area contributed by atoms with Crippen LogP contribution in [-0.2, 0) is 13.0 Å². The first-order chi connectivity index (χ1) is 10.4. The second-order valence-corrected chi connectivity index (χ2v) is 7.36. The molecule has 2 aliphatic heterocycles. The maximum absolute atomic E-state index is 12.7. The van der Waals surface area contributed by atoms with Gasteiger partial charge in [0.25, 0.3) is 5.89 Å². The third-order valence-corrected chi connectivity index (χ3v) is 4.83. The summed E-state index contributed by atoms with van der Waals surface area (Å²) in [7, 11) is 0. The van der Waals surface area contributed by atoms with Crippen LogP contribution < -0.4 is 0 Å². The second-order valence-electron chi connectivity index (χ2n) is 7.36. The standard InChI is InChI=1S/C17H27N3O2/c1-11(2)19-6-5-15-14(10-19)18-16(22-15)17(21)20-8-12(3)7-13(4)9-20/h11-13H,5-10H2,1-4H3/t12-,13-/m1/s1. The van der Waals surface area contributed by atoms with Crippen LogP contribution in [0, 0.1) is 11.8 Å². The van der Waals surface area contributed by atoms with E-state index in [0.717, 1.165) is 44.1 Å². The Hall–Kier alpha value is -1.36. The molecule has 1 saturated heterocycles. The minimum Gasteiger partial charge on any atom is -0.437 e. The van der Waals surface area contributed by atoms with E-state index in [1.54, 1.807) is 0 Å². The molecule has 5 nitrogen and oxygen atoms in total. The number of carbonyl (C=O) groups is 1. The number of fused-ring (bicyclic) bond motifs is 1. The largest absolute Gasteiger partial charge is 0.437 e. The van der Waals surface area contributed by atoms with Gasteiger partial charge in [-0.15, -0.1) is 0 Å². The number of hydrogen-bond acceptors (Lipinski definition) is 4. The lowest BCUT2D eigenvalue weighted by Crippen LogP contribution is -2.42. The number of carbonyl (C=O) groups excluding carboxylic acids is 1. The SMILES string of the molecule is CC(C)N1CCc2oc(C(=O)N3C[C@H](C)C[C@@H](C)C3)nc2C1. The number of oxazole rings is 1. The van der Waals surface area contributed by atoms with Crippen molar-refractivity contribution in [3.05, 3.63) is 17.3 Å². The summed E-state index contributed by atoms with van der Waals surface area (Å²) in [6, 6.07) is 0.493. The topological polar surface area (TPSA) is 49.6 Å². The molecule has 3 heterocycles. The first-order valence-corrected chi connectivity index (χ1v) is 8.46. The van der Waals surface area contributed by atoms with E-state index in [1.165, 1.54) is 6.42 Å². The van der Waals surface area contributed by atoms with Gasteiger partial charge in [-0.2, -0.15) is 0 Å². The summed E-state index contributed by atoms with van der Waals surface area (Å²) in [5.74, 6) is 2.25. The van der Waals surface area contributed by atoms with Crippen LogP contribution >= 0.6 is 0 Å². The van der Waals surface area contributed by atoms with E-state index in [-0.39, 0.29) is 11.8 Å². The number of amides is 1. The van der Waals surface area contributed by atoms with Gasteiger partial charge in [-0.1, -0.05) is 13.8 Å². The van der Waals surface area contributed by atoms with Crippen molar-refractivity contribution in [1.82, 2.24) is 14.8 Å². The number of aromatic nitrogens is 1. The lowest BCUT2D eigenvalue weighted by Gasteiger charge is -2.34. The summed E-state index contributed by atoms with van der Waals surface area (Å²) in [4.78, 5) is 21.5. The fourth-order valence-corrected chi connectivity index (χ4v) is 3.72. The Bertz CT molecular complexity index is 542. The summed E-state index contributed by atoms with van der Waals surface area (Å²) in [5, 5.41) is 0. The number of nitrogens with zero attached hydrogens (tertiary/aromatic N) is 3. The van der Waals surface area contributed by atoms with Crippen LogP contribution in [0.3, 0.4) is 0 Å². The molecule has 0 unspecified atom stereocenters. The van der Waals surface area contributed by atoms with Crippen molar-refractivity contribution in [2.75, 3.05) is 19.6 Å². The zero-order valence-corrected chi connectivity index (χ0v) is 14.1. The van der Waals surface area contributed by atoms with Crippen LogP contribution in [0.1, 0.15) is 56.3 Å². The normalized spacial score (nSPS) is 26.3. The quantitative estimate of drug-likeness (QED) is 0.842. The Morgan fingerprint density at radius 3 is 2.59 bits per heavy atom. The van der Waals surface area contributed by atoms with Crippen molar-refractivity contribution in [2.45, 2.75) is 53.1 Å². The number of rotatable bonds is 2. The second kappa shape index (κ2) is 6.03. The zero-order valence-electron chi connectivity index (χ0n) is 14.1. The molecule has 0 aliphatic carbocycles. The van der Waals surface area contributed by atoms with Crippen LogP contribution in [0.2, 0.25) is 0 Å². The molecule has 1 fully saturated rings. The van der Waals surface area contributed by atoms with Gasteiger partial charge in [0.05, 0.1) is 5.69 Å². The minimum absolute atomic E-state index is 0.0381. The molecule has 122 valence electrons. The molecule has 22 heavy (non-hydrogen) atoms. The fraction of sp³-hybridized carbons (Fsp3) is 0.765. The number of piperidine rings is 1. The van der Waals surface area contributed by atoms with Gasteiger partial charge in [0, 0.05) is 38.6 Å². The van der Waals surface area contributed by atoms with Gasteiger partial charge in [-0.3, -0.25) is 9.69 Å². The molecule has 0 radical (unpaired) electrons. The average Bonchev–Trinajstić information content (AvgIpc) is 2.88. The van der Waals surface area contributed by atoms with Crippen LogP contribution in [0.15, 0.2) is 4.42 Å². The summed E-state index contributed by atoms with van der Waals surface area (Å²) in [6.45, 7) is 12.2. The van der Waals surface area contributed by atoms with Crippen LogP contribution in [0.25, 0.3) is 0 Å². The van der Waals surface area contributed by atoms with Gasteiger partial charge >= 0.3 is 5.91 Å². The highest BCUT2D eigenvalue weighted by atomic mass is 16.4. The molecule has 2 aliphatic rings. The van der Waals surface area contributed by atoms with E-state index >= 15 is 0 Å². The van der Waals surface area contributed by atoms with E-state index in [2.05, 4.69) is 37.6 Å². The highest BCUT2D eigenvalue weighted by Gasteiger charge is 2.31. The van der Waals surface area contributed by atoms with Gasteiger partial charge in [0.2, 0.25) is 0 Å². The molecule has 3 rings (SSSR count). The Balaban J connectivity index is 1.75. The highest BCUT2D eigenvalue weighted by molar-refractivity contribution is 5.89. The predicted molar refractivity (Wildman–Crippen MR) is 84.6 cm³/mol. The molecule has 1 aromatic rings. The van der Waals surface area contributed by atoms with Gasteiger partial charge < -0.3 is 9.32 Å². The van der Waals surface area contributed by atoms with Crippen LogP contribution in [-0.4, -0.2) is 46.4 Å². The Morgan fingerprint density at radius 1 is 1.27 bits per heavy atom. The van der Waals surface area contributed by atoms with Crippen molar-refractivity contribution >= 4 is 5.91 Å². The van der Waals surface area contributed by atoms with E-state index < -0.39 is 0 Å². The summed E-state index contributed by atoms with van der Waals surface area (Å²) in [5.41, 5.74) is 0.946.